The zero-order valence-corrected chi connectivity index (χ0v) is 15.9. The highest BCUT2D eigenvalue weighted by molar-refractivity contribution is 7.99. The first-order valence-electron chi connectivity index (χ1n) is 8.49. The molecule has 1 amide bonds. The molecule has 3 rings (SSSR count). The summed E-state index contributed by atoms with van der Waals surface area (Å²) < 4.78 is 7.69. The number of aromatic nitrogens is 3. The Morgan fingerprint density at radius 1 is 1.24 bits per heavy atom. The van der Waals surface area contributed by atoms with Gasteiger partial charge in [-0.1, -0.05) is 23.9 Å². The summed E-state index contributed by atoms with van der Waals surface area (Å²) in [5, 5.41) is 9.18. The summed E-state index contributed by atoms with van der Waals surface area (Å²) in [5.74, 6) is 1.28. The van der Waals surface area contributed by atoms with Gasteiger partial charge in [0.05, 0.1) is 18.0 Å². The quantitative estimate of drug-likeness (QED) is 0.785. The predicted molar refractivity (Wildman–Crippen MR) is 98.1 cm³/mol. The van der Waals surface area contributed by atoms with Gasteiger partial charge in [-0.05, 0) is 45.4 Å². The monoisotopic (exact) mass is 360 g/mol. The lowest BCUT2D eigenvalue weighted by Crippen LogP contribution is -2.48. The second-order valence-corrected chi connectivity index (χ2v) is 7.49. The van der Waals surface area contributed by atoms with Gasteiger partial charge in [-0.15, -0.1) is 10.2 Å². The van der Waals surface area contributed by atoms with Gasteiger partial charge >= 0.3 is 0 Å². The van der Waals surface area contributed by atoms with Gasteiger partial charge < -0.3 is 9.64 Å². The van der Waals surface area contributed by atoms with Crippen molar-refractivity contribution in [1.29, 1.82) is 0 Å². The number of aryl methyl sites for hydroxylation is 2. The topological polar surface area (TPSA) is 60.2 Å². The maximum absolute atomic E-state index is 12.6. The van der Waals surface area contributed by atoms with Gasteiger partial charge in [0, 0.05) is 18.8 Å². The highest BCUT2D eigenvalue weighted by Crippen LogP contribution is 2.23. The Morgan fingerprint density at radius 2 is 1.96 bits per heavy atom. The maximum Gasteiger partial charge on any atom is 0.233 e. The Balaban J connectivity index is 1.71. The van der Waals surface area contributed by atoms with Crippen LogP contribution in [0.5, 0.6) is 0 Å². The SMILES string of the molecule is Cc1cccc(-n2c(C)nnc2SCC(=O)N2C[C@@H](C)O[C@@H](C)C2)c1. The fourth-order valence-electron chi connectivity index (χ4n) is 3.10. The Kier molecular flexibility index (Phi) is 5.44. The Labute approximate surface area is 152 Å². The molecule has 0 spiro atoms. The second kappa shape index (κ2) is 7.58. The van der Waals surface area contributed by atoms with Crippen molar-refractivity contribution in [3.8, 4) is 5.69 Å². The van der Waals surface area contributed by atoms with Crippen LogP contribution in [0.2, 0.25) is 0 Å². The maximum atomic E-state index is 12.6. The van der Waals surface area contributed by atoms with Gasteiger partial charge in [0.2, 0.25) is 5.91 Å². The lowest BCUT2D eigenvalue weighted by Gasteiger charge is -2.35. The number of carbonyl (C=O) groups excluding carboxylic acids is 1. The summed E-state index contributed by atoms with van der Waals surface area (Å²) in [6.45, 7) is 9.27. The molecule has 0 radical (unpaired) electrons. The summed E-state index contributed by atoms with van der Waals surface area (Å²) in [4.78, 5) is 14.4. The summed E-state index contributed by atoms with van der Waals surface area (Å²) in [6.07, 6.45) is 0.159. The highest BCUT2D eigenvalue weighted by atomic mass is 32.2. The summed E-state index contributed by atoms with van der Waals surface area (Å²) in [5.41, 5.74) is 2.19. The molecule has 0 N–H and O–H groups in total. The van der Waals surface area contributed by atoms with Crippen molar-refractivity contribution in [3.63, 3.8) is 0 Å². The van der Waals surface area contributed by atoms with Crippen LogP contribution in [0.15, 0.2) is 29.4 Å². The van der Waals surface area contributed by atoms with E-state index in [0.717, 1.165) is 16.7 Å². The van der Waals surface area contributed by atoms with Crippen LogP contribution < -0.4 is 0 Å². The number of benzene rings is 1. The van der Waals surface area contributed by atoms with Crippen LogP contribution in [0.25, 0.3) is 5.69 Å². The van der Waals surface area contributed by atoms with E-state index >= 15 is 0 Å². The molecule has 1 aliphatic rings. The van der Waals surface area contributed by atoms with Gasteiger partial charge in [0.1, 0.15) is 5.82 Å². The molecule has 1 aromatic carbocycles. The molecule has 0 unspecified atom stereocenters. The molecular weight excluding hydrogens is 336 g/mol. The van der Waals surface area contributed by atoms with Gasteiger partial charge in [-0.2, -0.15) is 0 Å². The third-order valence-electron chi connectivity index (χ3n) is 4.15. The lowest BCUT2D eigenvalue weighted by molar-refractivity contribution is -0.140. The molecule has 1 aromatic heterocycles. The first-order chi connectivity index (χ1) is 11.9. The smallest absolute Gasteiger partial charge is 0.233 e. The minimum Gasteiger partial charge on any atom is -0.372 e. The molecule has 2 atom stereocenters. The molecule has 7 heteroatoms. The van der Waals surface area contributed by atoms with Crippen LogP contribution in [0.3, 0.4) is 0 Å². The summed E-state index contributed by atoms with van der Waals surface area (Å²) >= 11 is 1.43. The third-order valence-corrected chi connectivity index (χ3v) is 5.07. The lowest BCUT2D eigenvalue weighted by atomic mass is 10.2. The van der Waals surface area contributed by atoms with E-state index in [-0.39, 0.29) is 18.1 Å². The van der Waals surface area contributed by atoms with Crippen molar-refractivity contribution in [2.45, 2.75) is 45.1 Å². The van der Waals surface area contributed by atoms with Crippen molar-refractivity contribution in [2.24, 2.45) is 0 Å². The van der Waals surface area contributed by atoms with Crippen molar-refractivity contribution in [2.75, 3.05) is 18.8 Å². The highest BCUT2D eigenvalue weighted by Gasteiger charge is 2.26. The Morgan fingerprint density at radius 3 is 2.64 bits per heavy atom. The molecule has 2 heterocycles. The zero-order valence-electron chi connectivity index (χ0n) is 15.1. The molecule has 1 fully saturated rings. The number of thioether (sulfide) groups is 1. The molecule has 0 bridgehead atoms. The largest absolute Gasteiger partial charge is 0.372 e. The van der Waals surface area contributed by atoms with E-state index in [9.17, 15) is 4.79 Å². The van der Waals surface area contributed by atoms with Gasteiger partial charge in [-0.25, -0.2) is 0 Å². The van der Waals surface area contributed by atoms with E-state index in [1.165, 1.54) is 17.3 Å². The number of amides is 1. The van der Waals surface area contributed by atoms with E-state index in [1.807, 2.05) is 42.4 Å². The number of rotatable bonds is 4. The minimum absolute atomic E-state index is 0.0795. The number of hydrogen-bond donors (Lipinski definition) is 0. The molecule has 134 valence electrons. The average molecular weight is 360 g/mol. The fraction of sp³-hybridized carbons (Fsp3) is 0.500. The normalized spacial score (nSPS) is 20.7. The molecule has 2 aromatic rings. The molecule has 6 nitrogen and oxygen atoms in total. The molecule has 1 saturated heterocycles. The first-order valence-corrected chi connectivity index (χ1v) is 9.47. The summed E-state index contributed by atoms with van der Waals surface area (Å²) in [6, 6.07) is 8.19. The van der Waals surface area contributed by atoms with E-state index in [1.54, 1.807) is 0 Å². The number of hydrogen-bond acceptors (Lipinski definition) is 5. The van der Waals surface area contributed by atoms with Crippen LogP contribution in [0.4, 0.5) is 0 Å². The van der Waals surface area contributed by atoms with E-state index in [0.29, 0.717) is 18.8 Å². The van der Waals surface area contributed by atoms with Crippen molar-refractivity contribution in [3.05, 3.63) is 35.7 Å². The molecule has 25 heavy (non-hydrogen) atoms. The van der Waals surface area contributed by atoms with Crippen LogP contribution in [0, 0.1) is 13.8 Å². The number of nitrogens with zero attached hydrogens (tertiary/aromatic N) is 4. The fourth-order valence-corrected chi connectivity index (χ4v) is 4.00. The van der Waals surface area contributed by atoms with Crippen LogP contribution in [0.1, 0.15) is 25.2 Å². The zero-order chi connectivity index (χ0) is 18.0. The summed E-state index contributed by atoms with van der Waals surface area (Å²) in [7, 11) is 0. The molecule has 1 aliphatic heterocycles. The van der Waals surface area contributed by atoms with Gasteiger partial charge in [0.15, 0.2) is 5.16 Å². The predicted octanol–water partition coefficient (Wildman–Crippen LogP) is 2.61. The van der Waals surface area contributed by atoms with E-state index < -0.39 is 0 Å². The average Bonchev–Trinajstić information content (AvgIpc) is 2.92. The van der Waals surface area contributed by atoms with Crippen LogP contribution in [-0.2, 0) is 9.53 Å². The molecule has 0 aliphatic carbocycles. The molecule has 0 saturated carbocycles. The van der Waals surface area contributed by atoms with Crippen molar-refractivity contribution >= 4 is 17.7 Å². The number of ether oxygens (including phenoxy) is 1. The van der Waals surface area contributed by atoms with Crippen molar-refractivity contribution in [1.82, 2.24) is 19.7 Å². The van der Waals surface area contributed by atoms with E-state index in [2.05, 4.69) is 29.3 Å². The van der Waals surface area contributed by atoms with Crippen LogP contribution >= 0.6 is 11.8 Å². The first kappa shape index (κ1) is 17.9. The second-order valence-electron chi connectivity index (χ2n) is 6.55. The number of carbonyl (C=O) groups is 1. The number of morpholine rings is 1. The third kappa shape index (κ3) is 4.22. The molecular formula is C18H24N4O2S. The van der Waals surface area contributed by atoms with Crippen LogP contribution in [-0.4, -0.2) is 56.6 Å². The van der Waals surface area contributed by atoms with Gasteiger partial charge in [0.25, 0.3) is 0 Å². The standard InChI is InChI=1S/C18H24N4O2S/c1-12-6-5-7-16(8-12)22-15(4)19-20-18(22)25-11-17(23)21-9-13(2)24-14(3)10-21/h5-8,13-14H,9-11H2,1-4H3/t13-,14+. The Hall–Kier alpha value is -1.86. The minimum atomic E-state index is 0.0795. The van der Waals surface area contributed by atoms with Gasteiger partial charge in [-0.3, -0.25) is 9.36 Å². The van der Waals surface area contributed by atoms with E-state index in [4.69, 9.17) is 4.74 Å². The van der Waals surface area contributed by atoms with Crippen molar-refractivity contribution < 1.29 is 9.53 Å². The Bertz CT molecular complexity index is 751.